The number of hydrogen-bond acceptors (Lipinski definition) is 4. The Morgan fingerprint density at radius 3 is 2.86 bits per heavy atom. The molecular weight excluding hydrogens is 334 g/mol. The Bertz CT molecular complexity index is 777. The zero-order valence-corrected chi connectivity index (χ0v) is 12.8. The van der Waals surface area contributed by atoms with Crippen LogP contribution in [-0.2, 0) is 9.53 Å². The molecule has 0 fully saturated rings. The van der Waals surface area contributed by atoms with Crippen molar-refractivity contribution >= 4 is 27.7 Å². The van der Waals surface area contributed by atoms with Crippen molar-refractivity contribution in [1.29, 1.82) is 0 Å². The number of fused-ring (bicyclic) bond motifs is 1. The summed E-state index contributed by atoms with van der Waals surface area (Å²) in [5.74, 6) is 0.382. The van der Waals surface area contributed by atoms with Crippen molar-refractivity contribution in [2.75, 3.05) is 11.9 Å². The minimum absolute atomic E-state index is 0.141. The summed E-state index contributed by atoms with van der Waals surface area (Å²) < 4.78 is 6.20. The van der Waals surface area contributed by atoms with Crippen molar-refractivity contribution in [3.8, 4) is 0 Å². The van der Waals surface area contributed by atoms with E-state index in [1.54, 1.807) is 0 Å². The average Bonchev–Trinajstić information content (AvgIpc) is 3.03. The van der Waals surface area contributed by atoms with Gasteiger partial charge in [-0.3, -0.25) is 5.10 Å². The number of carbonyl (C=O) groups is 1. The fourth-order valence-electron chi connectivity index (χ4n) is 2.97. The zero-order valence-electron chi connectivity index (χ0n) is 11.2. The second-order valence-corrected chi connectivity index (χ2v) is 6.10. The third-order valence-electron chi connectivity index (χ3n) is 3.94. The van der Waals surface area contributed by atoms with E-state index in [9.17, 15) is 4.79 Å². The molecule has 6 heteroatoms. The molecule has 3 heterocycles. The first kappa shape index (κ1) is 12.6. The van der Waals surface area contributed by atoms with Crippen LogP contribution in [0.3, 0.4) is 0 Å². The first-order chi connectivity index (χ1) is 10.1. The number of anilines is 1. The van der Waals surface area contributed by atoms with Crippen LogP contribution in [0.1, 0.15) is 22.7 Å². The molecule has 2 aromatic rings. The molecule has 0 spiro atoms. The molecule has 1 aromatic carbocycles. The lowest BCUT2D eigenvalue weighted by Crippen LogP contribution is -2.19. The van der Waals surface area contributed by atoms with E-state index in [1.807, 2.05) is 31.2 Å². The number of carbonyl (C=O) groups excluding carboxylic acids is 1. The fourth-order valence-corrected chi connectivity index (χ4v) is 3.24. The van der Waals surface area contributed by atoms with E-state index in [0.717, 1.165) is 32.8 Å². The van der Waals surface area contributed by atoms with Gasteiger partial charge in [0.1, 0.15) is 6.61 Å². The van der Waals surface area contributed by atoms with Gasteiger partial charge < -0.3 is 10.1 Å². The molecule has 1 atom stereocenters. The Morgan fingerprint density at radius 2 is 2.10 bits per heavy atom. The van der Waals surface area contributed by atoms with Crippen LogP contribution >= 0.6 is 15.9 Å². The molecular formula is C15H12BrN3O2. The highest BCUT2D eigenvalue weighted by Gasteiger charge is 2.40. The van der Waals surface area contributed by atoms with Crippen molar-refractivity contribution < 1.29 is 9.53 Å². The van der Waals surface area contributed by atoms with Crippen molar-refractivity contribution in [3.63, 3.8) is 0 Å². The lowest BCUT2D eigenvalue weighted by molar-refractivity contribution is -0.136. The molecule has 2 aliphatic heterocycles. The smallest absolute Gasteiger partial charge is 0.337 e. The largest absolute Gasteiger partial charge is 0.456 e. The Balaban J connectivity index is 1.94. The Morgan fingerprint density at radius 1 is 1.33 bits per heavy atom. The zero-order chi connectivity index (χ0) is 14.6. The van der Waals surface area contributed by atoms with Gasteiger partial charge in [0.05, 0.1) is 11.3 Å². The van der Waals surface area contributed by atoms with E-state index in [-0.39, 0.29) is 18.5 Å². The maximum atomic E-state index is 12.1. The van der Waals surface area contributed by atoms with E-state index < -0.39 is 0 Å². The molecule has 0 radical (unpaired) electrons. The molecule has 0 bridgehead atoms. The topological polar surface area (TPSA) is 67.0 Å². The number of benzene rings is 1. The third-order valence-corrected chi connectivity index (χ3v) is 4.47. The summed E-state index contributed by atoms with van der Waals surface area (Å²) in [5, 5.41) is 10.5. The molecule has 21 heavy (non-hydrogen) atoms. The molecule has 1 unspecified atom stereocenters. The monoisotopic (exact) mass is 345 g/mol. The Kier molecular flexibility index (Phi) is 2.68. The van der Waals surface area contributed by atoms with Crippen molar-refractivity contribution in [2.24, 2.45) is 0 Å². The van der Waals surface area contributed by atoms with Crippen LogP contribution in [0.15, 0.2) is 40.0 Å². The van der Waals surface area contributed by atoms with Crippen molar-refractivity contribution in [2.45, 2.75) is 12.8 Å². The molecule has 0 saturated heterocycles. The minimum Gasteiger partial charge on any atom is -0.456 e. The predicted molar refractivity (Wildman–Crippen MR) is 80.9 cm³/mol. The Labute approximate surface area is 129 Å². The van der Waals surface area contributed by atoms with E-state index in [4.69, 9.17) is 4.74 Å². The second-order valence-electron chi connectivity index (χ2n) is 5.19. The summed E-state index contributed by atoms with van der Waals surface area (Å²) in [6.07, 6.45) is 0. The summed E-state index contributed by atoms with van der Waals surface area (Å²) in [6, 6.07) is 8.00. The van der Waals surface area contributed by atoms with Crippen LogP contribution in [-0.4, -0.2) is 22.8 Å². The average molecular weight is 346 g/mol. The summed E-state index contributed by atoms with van der Waals surface area (Å²) in [5.41, 5.74) is 4.52. The number of rotatable bonds is 1. The van der Waals surface area contributed by atoms with Gasteiger partial charge in [0.2, 0.25) is 0 Å². The standard InChI is InChI=1S/C15H12BrN3O2/c1-7-11-12(8-2-4-9(16)5-3-8)13-10(6-21-15(13)20)17-14(11)19-18-7/h2-5,12H,6H2,1H3,(H2,17,18,19). The maximum Gasteiger partial charge on any atom is 0.337 e. The first-order valence-electron chi connectivity index (χ1n) is 6.62. The molecule has 106 valence electrons. The van der Waals surface area contributed by atoms with Gasteiger partial charge in [-0.25, -0.2) is 4.79 Å². The molecule has 2 aliphatic rings. The number of aromatic nitrogens is 2. The first-order valence-corrected chi connectivity index (χ1v) is 7.42. The van der Waals surface area contributed by atoms with Gasteiger partial charge in [-0.05, 0) is 24.6 Å². The van der Waals surface area contributed by atoms with Crippen LogP contribution in [0.5, 0.6) is 0 Å². The quantitative estimate of drug-likeness (QED) is 0.780. The number of cyclic esters (lactones) is 1. The highest BCUT2D eigenvalue weighted by molar-refractivity contribution is 9.10. The lowest BCUT2D eigenvalue weighted by Gasteiger charge is -2.24. The molecule has 0 aliphatic carbocycles. The van der Waals surface area contributed by atoms with Crippen LogP contribution in [0, 0.1) is 6.92 Å². The number of aromatic amines is 1. The van der Waals surface area contributed by atoms with Crippen molar-refractivity contribution in [1.82, 2.24) is 10.2 Å². The molecule has 0 amide bonds. The van der Waals surface area contributed by atoms with Crippen LogP contribution < -0.4 is 5.32 Å². The molecule has 2 N–H and O–H groups in total. The minimum atomic E-state index is -0.253. The van der Waals surface area contributed by atoms with Gasteiger partial charge in [0, 0.05) is 21.6 Å². The van der Waals surface area contributed by atoms with E-state index in [1.165, 1.54) is 0 Å². The van der Waals surface area contributed by atoms with Crippen molar-refractivity contribution in [3.05, 3.63) is 56.8 Å². The lowest BCUT2D eigenvalue weighted by atomic mass is 9.82. The van der Waals surface area contributed by atoms with Crippen LogP contribution in [0.25, 0.3) is 0 Å². The van der Waals surface area contributed by atoms with Gasteiger partial charge in [-0.15, -0.1) is 0 Å². The summed E-state index contributed by atoms with van der Waals surface area (Å²) in [6.45, 7) is 2.25. The van der Waals surface area contributed by atoms with Crippen LogP contribution in [0.2, 0.25) is 0 Å². The molecule has 5 nitrogen and oxygen atoms in total. The number of esters is 1. The highest BCUT2D eigenvalue weighted by atomic mass is 79.9. The number of ether oxygens (including phenoxy) is 1. The fraction of sp³-hybridized carbons (Fsp3) is 0.200. The summed E-state index contributed by atoms with van der Waals surface area (Å²) >= 11 is 3.44. The van der Waals surface area contributed by atoms with Crippen LogP contribution in [0.4, 0.5) is 5.82 Å². The third kappa shape index (κ3) is 1.82. The maximum absolute atomic E-state index is 12.1. The Hall–Kier alpha value is -2.08. The van der Waals surface area contributed by atoms with Gasteiger partial charge >= 0.3 is 5.97 Å². The van der Waals surface area contributed by atoms with E-state index >= 15 is 0 Å². The SMILES string of the molecule is Cc1[nH]nc2c1C(c1ccc(Br)cc1)C1=C(COC1=O)N2. The summed E-state index contributed by atoms with van der Waals surface area (Å²) in [4.78, 5) is 12.1. The number of nitrogens with one attached hydrogen (secondary N) is 2. The van der Waals surface area contributed by atoms with Gasteiger partial charge in [-0.2, -0.15) is 5.10 Å². The second kappa shape index (κ2) is 4.46. The molecule has 0 saturated carbocycles. The van der Waals surface area contributed by atoms with Gasteiger partial charge in [-0.1, -0.05) is 28.1 Å². The number of hydrogen-bond donors (Lipinski definition) is 2. The van der Waals surface area contributed by atoms with E-state index in [2.05, 4.69) is 31.4 Å². The number of nitrogens with zero attached hydrogens (tertiary/aromatic N) is 1. The number of aryl methyl sites for hydroxylation is 1. The molecule has 1 aromatic heterocycles. The van der Waals surface area contributed by atoms with E-state index in [0.29, 0.717) is 5.57 Å². The highest BCUT2D eigenvalue weighted by Crippen LogP contribution is 2.44. The number of halogens is 1. The van der Waals surface area contributed by atoms with Gasteiger partial charge in [0.25, 0.3) is 0 Å². The normalized spacial score (nSPS) is 19.9. The molecule has 4 rings (SSSR count). The number of H-pyrrole nitrogens is 1. The predicted octanol–water partition coefficient (Wildman–Crippen LogP) is 2.85. The van der Waals surface area contributed by atoms with Gasteiger partial charge in [0.15, 0.2) is 5.82 Å². The summed E-state index contributed by atoms with van der Waals surface area (Å²) in [7, 11) is 0.